The van der Waals surface area contributed by atoms with Crippen molar-refractivity contribution in [2.24, 2.45) is 0 Å². The van der Waals surface area contributed by atoms with E-state index in [1.54, 1.807) is 0 Å². The van der Waals surface area contributed by atoms with E-state index in [9.17, 15) is 4.79 Å². The Hall–Kier alpha value is -2.03. The molecule has 2 N–H and O–H groups in total. The molecule has 0 unspecified atom stereocenters. The van der Waals surface area contributed by atoms with Crippen LogP contribution in [0.3, 0.4) is 0 Å². The number of rotatable bonds is 3. The number of hydrogen-bond acceptors (Lipinski definition) is 6. The lowest BCUT2D eigenvalue weighted by atomic mass is 10.2. The third-order valence-electron chi connectivity index (χ3n) is 3.34. The molecule has 2 amide bonds. The van der Waals surface area contributed by atoms with Crippen molar-refractivity contribution < 1.29 is 4.79 Å². The van der Waals surface area contributed by atoms with Crippen molar-refractivity contribution in [2.45, 2.75) is 45.7 Å². The summed E-state index contributed by atoms with van der Waals surface area (Å²) in [6.45, 7) is 3.12. The Kier molecular flexibility index (Phi) is 4.09. The molecule has 8 nitrogen and oxygen atoms in total. The molecular formula is C12H17N7OS. The van der Waals surface area contributed by atoms with Crippen LogP contribution < -0.4 is 10.6 Å². The van der Waals surface area contributed by atoms with E-state index in [-0.39, 0.29) is 6.03 Å². The Morgan fingerprint density at radius 1 is 1.24 bits per heavy atom. The molecule has 0 saturated carbocycles. The van der Waals surface area contributed by atoms with Crippen LogP contribution in [0.15, 0.2) is 0 Å². The fraction of sp³-hybridized carbons (Fsp3) is 0.583. The lowest BCUT2D eigenvalue weighted by molar-refractivity contribution is 0.251. The average molecular weight is 307 g/mol. The number of amides is 2. The van der Waals surface area contributed by atoms with Gasteiger partial charge in [0.2, 0.25) is 5.13 Å². The summed E-state index contributed by atoms with van der Waals surface area (Å²) >= 11 is 1.34. The smallest absolute Gasteiger partial charge is 0.321 e. The van der Waals surface area contributed by atoms with Gasteiger partial charge in [-0.2, -0.15) is 0 Å². The number of aryl methyl sites for hydroxylation is 2. The quantitative estimate of drug-likeness (QED) is 0.895. The summed E-state index contributed by atoms with van der Waals surface area (Å²) in [6.07, 6.45) is 4.47. The highest BCUT2D eigenvalue weighted by molar-refractivity contribution is 7.15. The molecule has 0 saturated heterocycles. The van der Waals surface area contributed by atoms with Gasteiger partial charge in [0.25, 0.3) is 0 Å². The van der Waals surface area contributed by atoms with E-state index in [4.69, 9.17) is 0 Å². The topological polar surface area (TPSA) is 97.6 Å². The number of urea groups is 1. The third-order valence-corrected chi connectivity index (χ3v) is 4.09. The van der Waals surface area contributed by atoms with Crippen LogP contribution in [0.4, 0.5) is 9.93 Å². The molecule has 3 rings (SSSR count). The van der Waals surface area contributed by atoms with Crippen molar-refractivity contribution in [3.05, 3.63) is 16.7 Å². The van der Waals surface area contributed by atoms with Gasteiger partial charge in [0.1, 0.15) is 10.8 Å². The fourth-order valence-corrected chi connectivity index (χ4v) is 2.91. The number of aromatic nitrogens is 5. The lowest BCUT2D eigenvalue weighted by Gasteiger charge is -2.08. The Balaban J connectivity index is 1.57. The molecule has 0 radical (unpaired) electrons. The third kappa shape index (κ3) is 3.35. The zero-order valence-electron chi connectivity index (χ0n) is 11.8. The molecule has 0 bridgehead atoms. The number of nitrogens with zero attached hydrogens (tertiary/aromatic N) is 5. The summed E-state index contributed by atoms with van der Waals surface area (Å²) in [6, 6.07) is -0.308. The second kappa shape index (κ2) is 6.17. The monoisotopic (exact) mass is 307 g/mol. The molecule has 9 heteroatoms. The normalized spacial score (nSPS) is 14.3. The molecule has 0 spiro atoms. The minimum absolute atomic E-state index is 0.308. The van der Waals surface area contributed by atoms with E-state index in [0.717, 1.165) is 42.5 Å². The van der Waals surface area contributed by atoms with Crippen molar-refractivity contribution >= 4 is 22.5 Å². The van der Waals surface area contributed by atoms with Gasteiger partial charge in [0.15, 0.2) is 5.82 Å². The van der Waals surface area contributed by atoms with Gasteiger partial charge in [0.05, 0.1) is 6.54 Å². The molecule has 2 aromatic heterocycles. The maximum atomic E-state index is 11.8. The van der Waals surface area contributed by atoms with Crippen molar-refractivity contribution in [3.63, 3.8) is 0 Å². The summed E-state index contributed by atoms with van der Waals surface area (Å²) in [4.78, 5) is 11.8. The molecule has 0 fully saturated rings. The van der Waals surface area contributed by atoms with E-state index in [2.05, 4.69) is 35.6 Å². The van der Waals surface area contributed by atoms with Crippen molar-refractivity contribution in [1.29, 1.82) is 0 Å². The van der Waals surface area contributed by atoms with Crippen LogP contribution in [0, 0.1) is 6.92 Å². The Bertz CT molecular complexity index is 635. The highest BCUT2D eigenvalue weighted by atomic mass is 32.1. The molecule has 0 aromatic carbocycles. The summed E-state index contributed by atoms with van der Waals surface area (Å²) in [5, 5.41) is 22.8. The van der Waals surface area contributed by atoms with Gasteiger partial charge in [-0.15, -0.1) is 20.4 Å². The van der Waals surface area contributed by atoms with Crippen LogP contribution in [0.1, 0.15) is 35.9 Å². The van der Waals surface area contributed by atoms with E-state index in [1.165, 1.54) is 17.8 Å². The van der Waals surface area contributed by atoms with Crippen LogP contribution in [-0.4, -0.2) is 31.0 Å². The van der Waals surface area contributed by atoms with Gasteiger partial charge in [-0.05, 0) is 19.8 Å². The zero-order valence-corrected chi connectivity index (χ0v) is 12.6. The highest BCUT2D eigenvalue weighted by Crippen LogP contribution is 2.15. The van der Waals surface area contributed by atoms with Crippen molar-refractivity contribution in [3.8, 4) is 0 Å². The summed E-state index contributed by atoms with van der Waals surface area (Å²) < 4.78 is 2.11. The van der Waals surface area contributed by atoms with Gasteiger partial charge < -0.3 is 9.88 Å². The molecule has 2 aromatic rings. The lowest BCUT2D eigenvalue weighted by Crippen LogP contribution is -2.29. The fourth-order valence-electron chi connectivity index (χ4n) is 2.32. The molecule has 21 heavy (non-hydrogen) atoms. The van der Waals surface area contributed by atoms with Gasteiger partial charge >= 0.3 is 6.03 Å². The largest absolute Gasteiger partial charge is 0.331 e. The molecular weight excluding hydrogens is 290 g/mol. The van der Waals surface area contributed by atoms with Gasteiger partial charge in [-0.1, -0.05) is 17.8 Å². The molecule has 112 valence electrons. The number of nitrogens with one attached hydrogen (secondary N) is 2. The first kappa shape index (κ1) is 13.9. The Morgan fingerprint density at radius 3 is 2.95 bits per heavy atom. The Morgan fingerprint density at radius 2 is 2.14 bits per heavy atom. The van der Waals surface area contributed by atoms with E-state index < -0.39 is 0 Å². The van der Waals surface area contributed by atoms with Gasteiger partial charge in [-0.3, -0.25) is 5.32 Å². The molecule has 0 atom stereocenters. The van der Waals surface area contributed by atoms with Crippen LogP contribution in [0.5, 0.6) is 0 Å². The minimum atomic E-state index is -0.308. The predicted molar refractivity (Wildman–Crippen MR) is 78.1 cm³/mol. The first-order valence-corrected chi connectivity index (χ1v) is 7.80. The maximum absolute atomic E-state index is 11.8. The second-order valence-electron chi connectivity index (χ2n) is 4.93. The van der Waals surface area contributed by atoms with Crippen molar-refractivity contribution in [2.75, 3.05) is 5.32 Å². The summed E-state index contributed by atoms with van der Waals surface area (Å²) in [5.41, 5.74) is 0. The number of fused-ring (bicyclic) bond motifs is 1. The molecule has 3 heterocycles. The zero-order chi connectivity index (χ0) is 14.7. The SMILES string of the molecule is Cc1nnc(NC(=O)NCc2nnc3n2CCCCC3)s1. The van der Waals surface area contributed by atoms with Crippen LogP contribution in [0.2, 0.25) is 0 Å². The molecule has 0 aliphatic carbocycles. The standard InChI is InChI=1S/C12H17N7OS/c1-8-15-18-12(21-8)14-11(20)13-7-10-17-16-9-5-3-2-4-6-19(9)10/h2-7H2,1H3,(H2,13,14,18,20). The Labute approximate surface area is 126 Å². The number of anilines is 1. The van der Waals surface area contributed by atoms with Crippen LogP contribution >= 0.6 is 11.3 Å². The molecule has 1 aliphatic rings. The van der Waals surface area contributed by atoms with Crippen LogP contribution in [-0.2, 0) is 19.5 Å². The first-order chi connectivity index (χ1) is 10.2. The molecule has 1 aliphatic heterocycles. The van der Waals surface area contributed by atoms with E-state index in [1.807, 2.05) is 6.92 Å². The summed E-state index contributed by atoms with van der Waals surface area (Å²) in [5.74, 6) is 1.82. The van der Waals surface area contributed by atoms with Crippen molar-refractivity contribution in [1.82, 2.24) is 30.3 Å². The maximum Gasteiger partial charge on any atom is 0.321 e. The van der Waals surface area contributed by atoms with E-state index >= 15 is 0 Å². The number of carbonyl (C=O) groups excluding carboxylic acids is 1. The predicted octanol–water partition coefficient (Wildman–Crippen LogP) is 1.49. The van der Waals surface area contributed by atoms with Gasteiger partial charge in [0, 0.05) is 13.0 Å². The number of carbonyl (C=O) groups is 1. The van der Waals surface area contributed by atoms with Crippen LogP contribution in [0.25, 0.3) is 0 Å². The van der Waals surface area contributed by atoms with E-state index in [0.29, 0.717) is 11.7 Å². The minimum Gasteiger partial charge on any atom is -0.331 e. The first-order valence-electron chi connectivity index (χ1n) is 6.98. The summed E-state index contributed by atoms with van der Waals surface area (Å²) in [7, 11) is 0. The van der Waals surface area contributed by atoms with Gasteiger partial charge in [-0.25, -0.2) is 4.79 Å². The number of hydrogen-bond donors (Lipinski definition) is 2. The highest BCUT2D eigenvalue weighted by Gasteiger charge is 2.15. The average Bonchev–Trinajstić information content (AvgIpc) is 2.96. The second-order valence-corrected chi connectivity index (χ2v) is 6.11.